The van der Waals surface area contributed by atoms with Gasteiger partial charge in [-0.15, -0.1) is 0 Å². The summed E-state index contributed by atoms with van der Waals surface area (Å²) in [5.41, 5.74) is 0. The maximum Gasteiger partial charge on any atom is 0.0656 e. The van der Waals surface area contributed by atoms with E-state index in [0.717, 1.165) is 18.2 Å². The van der Waals surface area contributed by atoms with Gasteiger partial charge in [-0.05, 0) is 17.8 Å². The van der Waals surface area contributed by atoms with E-state index in [4.69, 9.17) is 7.85 Å². The molecule has 0 saturated carbocycles. The SMILES string of the molecule is [B]C[C@H](C)[C@H](C)[C@H](C)CC. The minimum Gasteiger partial charge on any atom is -0.0859 e. The standard InChI is InChI=1S/C9H19B/c1-5-7(2)9(4)8(3)6-10/h7-9H,5-6H2,1-4H3/t7-,8+,9-/m1/s1. The zero-order valence-electron chi connectivity index (χ0n) is 7.72. The summed E-state index contributed by atoms with van der Waals surface area (Å²) >= 11 is 0. The van der Waals surface area contributed by atoms with Gasteiger partial charge < -0.3 is 0 Å². The summed E-state index contributed by atoms with van der Waals surface area (Å²) in [6.07, 6.45) is 2.09. The molecule has 10 heavy (non-hydrogen) atoms. The van der Waals surface area contributed by atoms with Crippen molar-refractivity contribution in [1.82, 2.24) is 0 Å². The molecule has 0 nitrogen and oxygen atoms in total. The molecule has 0 saturated heterocycles. The molecule has 0 aromatic carbocycles. The van der Waals surface area contributed by atoms with Crippen LogP contribution in [0.2, 0.25) is 6.32 Å². The highest BCUT2D eigenvalue weighted by Crippen LogP contribution is 2.24. The van der Waals surface area contributed by atoms with Crippen molar-refractivity contribution < 1.29 is 0 Å². The van der Waals surface area contributed by atoms with Crippen LogP contribution in [-0.4, -0.2) is 7.85 Å². The van der Waals surface area contributed by atoms with Crippen molar-refractivity contribution >= 4 is 7.85 Å². The van der Waals surface area contributed by atoms with E-state index in [1.165, 1.54) is 6.42 Å². The van der Waals surface area contributed by atoms with E-state index >= 15 is 0 Å². The maximum absolute atomic E-state index is 5.57. The average molecular weight is 138 g/mol. The lowest BCUT2D eigenvalue weighted by Crippen LogP contribution is -2.15. The quantitative estimate of drug-likeness (QED) is 0.524. The molecule has 0 fully saturated rings. The van der Waals surface area contributed by atoms with Gasteiger partial charge in [-0.1, -0.05) is 40.4 Å². The fourth-order valence-electron chi connectivity index (χ4n) is 1.15. The Morgan fingerprint density at radius 2 is 1.60 bits per heavy atom. The molecule has 0 rings (SSSR count). The van der Waals surface area contributed by atoms with E-state index in [1.807, 2.05) is 0 Å². The molecule has 0 heterocycles. The van der Waals surface area contributed by atoms with Gasteiger partial charge in [-0.3, -0.25) is 0 Å². The largest absolute Gasteiger partial charge is 0.0859 e. The Morgan fingerprint density at radius 3 is 1.90 bits per heavy atom. The van der Waals surface area contributed by atoms with Gasteiger partial charge in [0.05, 0.1) is 7.85 Å². The molecule has 0 aliphatic rings. The molecule has 0 aliphatic carbocycles. The second kappa shape index (κ2) is 4.82. The van der Waals surface area contributed by atoms with Crippen molar-refractivity contribution in [3.8, 4) is 0 Å². The lowest BCUT2D eigenvalue weighted by Gasteiger charge is -2.24. The topological polar surface area (TPSA) is 0 Å². The van der Waals surface area contributed by atoms with Gasteiger partial charge in [-0.25, -0.2) is 0 Å². The van der Waals surface area contributed by atoms with Crippen LogP contribution in [-0.2, 0) is 0 Å². The Hall–Kier alpha value is 0.0649. The molecule has 0 amide bonds. The molecule has 0 unspecified atom stereocenters. The Kier molecular flexibility index (Phi) is 4.85. The zero-order chi connectivity index (χ0) is 8.15. The van der Waals surface area contributed by atoms with E-state index in [2.05, 4.69) is 27.7 Å². The predicted octanol–water partition coefficient (Wildman–Crippen LogP) is 2.89. The number of rotatable bonds is 4. The van der Waals surface area contributed by atoms with Crippen LogP contribution in [0.15, 0.2) is 0 Å². The highest BCUT2D eigenvalue weighted by molar-refractivity contribution is 6.08. The van der Waals surface area contributed by atoms with Crippen LogP contribution in [0.3, 0.4) is 0 Å². The Balaban J connectivity index is 3.69. The van der Waals surface area contributed by atoms with E-state index in [1.54, 1.807) is 0 Å². The van der Waals surface area contributed by atoms with Crippen LogP contribution in [0.4, 0.5) is 0 Å². The molecule has 58 valence electrons. The summed E-state index contributed by atoms with van der Waals surface area (Å²) < 4.78 is 0. The van der Waals surface area contributed by atoms with Crippen LogP contribution in [0, 0.1) is 17.8 Å². The Labute approximate surface area is 66.8 Å². The van der Waals surface area contributed by atoms with Crippen molar-refractivity contribution in [3.05, 3.63) is 0 Å². The zero-order valence-corrected chi connectivity index (χ0v) is 7.72. The first-order valence-electron chi connectivity index (χ1n) is 4.33. The normalized spacial score (nSPS) is 20.0. The minimum atomic E-state index is 0.676. The van der Waals surface area contributed by atoms with Gasteiger partial charge >= 0.3 is 0 Å². The van der Waals surface area contributed by atoms with E-state index < -0.39 is 0 Å². The van der Waals surface area contributed by atoms with Crippen LogP contribution in [0.1, 0.15) is 34.1 Å². The Bertz CT molecular complexity index is 70.8. The summed E-state index contributed by atoms with van der Waals surface area (Å²) in [6, 6.07) is 0. The van der Waals surface area contributed by atoms with Crippen molar-refractivity contribution in [2.45, 2.75) is 40.4 Å². The van der Waals surface area contributed by atoms with Gasteiger partial charge in [0.2, 0.25) is 0 Å². The molecule has 0 aromatic heterocycles. The molecular formula is C9H19B. The van der Waals surface area contributed by atoms with Crippen LogP contribution >= 0.6 is 0 Å². The molecule has 0 aromatic rings. The highest BCUT2D eigenvalue weighted by atomic mass is 14.2. The molecule has 0 aliphatic heterocycles. The average Bonchev–Trinajstić information content (AvgIpc) is 2.00. The van der Waals surface area contributed by atoms with Crippen LogP contribution in [0.25, 0.3) is 0 Å². The third-order valence-electron chi connectivity index (χ3n) is 2.81. The van der Waals surface area contributed by atoms with Crippen LogP contribution in [0.5, 0.6) is 0 Å². The fourth-order valence-corrected chi connectivity index (χ4v) is 1.15. The van der Waals surface area contributed by atoms with Crippen LogP contribution < -0.4 is 0 Å². The lowest BCUT2D eigenvalue weighted by molar-refractivity contribution is 0.290. The highest BCUT2D eigenvalue weighted by Gasteiger charge is 2.15. The van der Waals surface area contributed by atoms with Gasteiger partial charge in [-0.2, -0.15) is 0 Å². The number of hydrogen-bond acceptors (Lipinski definition) is 0. The maximum atomic E-state index is 5.57. The second-order valence-corrected chi connectivity index (χ2v) is 3.46. The van der Waals surface area contributed by atoms with Crippen molar-refractivity contribution in [2.75, 3.05) is 0 Å². The summed E-state index contributed by atoms with van der Waals surface area (Å²) in [5, 5.41) is 0. The van der Waals surface area contributed by atoms with Crippen molar-refractivity contribution in [1.29, 1.82) is 0 Å². The van der Waals surface area contributed by atoms with Crippen molar-refractivity contribution in [2.24, 2.45) is 17.8 Å². The third-order valence-corrected chi connectivity index (χ3v) is 2.81. The first-order chi connectivity index (χ1) is 4.63. The first kappa shape index (κ1) is 10.1. The molecule has 0 bridgehead atoms. The monoisotopic (exact) mass is 138 g/mol. The summed E-state index contributed by atoms with van der Waals surface area (Å²) in [7, 11) is 5.57. The molecule has 0 N–H and O–H groups in total. The van der Waals surface area contributed by atoms with E-state index in [9.17, 15) is 0 Å². The van der Waals surface area contributed by atoms with Crippen molar-refractivity contribution in [3.63, 3.8) is 0 Å². The predicted molar refractivity (Wildman–Crippen MR) is 48.3 cm³/mol. The van der Waals surface area contributed by atoms with Gasteiger partial charge in [0, 0.05) is 0 Å². The van der Waals surface area contributed by atoms with Gasteiger partial charge in [0.25, 0.3) is 0 Å². The first-order valence-corrected chi connectivity index (χ1v) is 4.33. The number of hydrogen-bond donors (Lipinski definition) is 0. The lowest BCUT2D eigenvalue weighted by atomic mass is 9.77. The second-order valence-electron chi connectivity index (χ2n) is 3.46. The minimum absolute atomic E-state index is 0.676. The molecule has 3 atom stereocenters. The summed E-state index contributed by atoms with van der Waals surface area (Å²) in [5.74, 6) is 2.27. The van der Waals surface area contributed by atoms with E-state index in [0.29, 0.717) is 5.92 Å². The molecule has 2 radical (unpaired) electrons. The molecular weight excluding hydrogens is 119 g/mol. The molecule has 0 spiro atoms. The third kappa shape index (κ3) is 2.77. The summed E-state index contributed by atoms with van der Waals surface area (Å²) in [6.45, 7) is 9.07. The summed E-state index contributed by atoms with van der Waals surface area (Å²) in [4.78, 5) is 0. The molecule has 1 heteroatoms. The van der Waals surface area contributed by atoms with Gasteiger partial charge in [0.15, 0.2) is 0 Å². The smallest absolute Gasteiger partial charge is 0.0656 e. The fraction of sp³-hybridized carbons (Fsp3) is 1.00. The van der Waals surface area contributed by atoms with Gasteiger partial charge in [0.1, 0.15) is 0 Å². The van der Waals surface area contributed by atoms with E-state index in [-0.39, 0.29) is 0 Å². The Morgan fingerprint density at radius 1 is 1.10 bits per heavy atom.